The number of aromatic nitrogens is 2. The van der Waals surface area contributed by atoms with E-state index in [0.29, 0.717) is 0 Å². The molecule has 1 N–H and O–H groups in total. The van der Waals surface area contributed by atoms with Crippen molar-refractivity contribution >= 4 is 4.40 Å². The van der Waals surface area contributed by atoms with Crippen molar-refractivity contribution in [3.05, 3.63) is 18.2 Å². The van der Waals surface area contributed by atoms with Gasteiger partial charge in [0.05, 0.1) is 0 Å². The summed E-state index contributed by atoms with van der Waals surface area (Å²) < 4.78 is 2.15. The summed E-state index contributed by atoms with van der Waals surface area (Å²) in [7, 11) is 0. The third-order valence-corrected chi connectivity index (χ3v) is 1.43. The molecule has 0 aliphatic heterocycles. The molecule has 0 aromatic carbocycles. The first-order valence-electron chi connectivity index (χ1n) is 2.35. The van der Waals surface area contributed by atoms with Crippen LogP contribution >= 0.6 is 0 Å². The molecule has 0 aliphatic rings. The maximum atomic E-state index is 4.03. The molecular formula is C5H6N2W. The predicted molar refractivity (Wildman–Crippen MR) is 28.4 cm³/mol. The summed E-state index contributed by atoms with van der Waals surface area (Å²) in [5.41, 5.74) is 0. The van der Waals surface area contributed by atoms with E-state index in [4.69, 9.17) is 0 Å². The Morgan fingerprint density at radius 2 is 2.75 bits per heavy atom. The van der Waals surface area contributed by atoms with Gasteiger partial charge in [0.15, 0.2) is 0 Å². The number of hydrogen-bond donors (Lipinski definition) is 1. The van der Waals surface area contributed by atoms with Gasteiger partial charge in [-0.15, -0.1) is 0 Å². The molecule has 42 valence electrons. The SMILES string of the molecule is [W]=[CH]Cc1ncc[nH]1. The second-order valence-electron chi connectivity index (χ2n) is 1.41. The fourth-order valence-electron chi connectivity index (χ4n) is 0.489. The van der Waals surface area contributed by atoms with Gasteiger partial charge in [0.1, 0.15) is 0 Å². The van der Waals surface area contributed by atoms with Gasteiger partial charge < -0.3 is 0 Å². The van der Waals surface area contributed by atoms with E-state index in [-0.39, 0.29) is 0 Å². The van der Waals surface area contributed by atoms with E-state index in [1.807, 2.05) is 6.20 Å². The summed E-state index contributed by atoms with van der Waals surface area (Å²) in [6.07, 6.45) is 4.59. The molecule has 0 unspecified atom stereocenters. The monoisotopic (exact) mass is 278 g/mol. The number of aromatic amines is 1. The number of imidazole rings is 1. The average molecular weight is 278 g/mol. The minimum absolute atomic E-state index is 0.975. The fourth-order valence-corrected chi connectivity index (χ4v) is 1.06. The topological polar surface area (TPSA) is 28.7 Å². The number of nitrogens with zero attached hydrogens (tertiary/aromatic N) is 1. The molecule has 0 aliphatic carbocycles. The van der Waals surface area contributed by atoms with Crippen molar-refractivity contribution in [2.75, 3.05) is 0 Å². The summed E-state index contributed by atoms with van der Waals surface area (Å²) in [6.45, 7) is 0. The zero-order valence-electron chi connectivity index (χ0n) is 4.29. The fraction of sp³-hybridized carbons (Fsp3) is 0.200. The molecule has 1 aromatic rings. The molecule has 0 fully saturated rings. The first-order valence-corrected chi connectivity index (χ1v) is 4.04. The van der Waals surface area contributed by atoms with Gasteiger partial charge in [0.2, 0.25) is 0 Å². The van der Waals surface area contributed by atoms with Crippen LogP contribution in [0.1, 0.15) is 5.82 Å². The van der Waals surface area contributed by atoms with Crippen LogP contribution in [0.3, 0.4) is 0 Å². The van der Waals surface area contributed by atoms with Crippen LogP contribution in [0.15, 0.2) is 12.4 Å². The van der Waals surface area contributed by atoms with Crippen LogP contribution in [0.25, 0.3) is 0 Å². The Morgan fingerprint density at radius 3 is 3.25 bits per heavy atom. The Balaban J connectivity index is 2.62. The van der Waals surface area contributed by atoms with Crippen LogP contribution in [0.4, 0.5) is 0 Å². The number of nitrogens with one attached hydrogen (secondary N) is 1. The van der Waals surface area contributed by atoms with Crippen LogP contribution in [0.2, 0.25) is 0 Å². The van der Waals surface area contributed by atoms with Crippen molar-refractivity contribution in [1.82, 2.24) is 9.97 Å². The van der Waals surface area contributed by atoms with E-state index in [0.717, 1.165) is 12.2 Å². The van der Waals surface area contributed by atoms with Crippen LogP contribution in [0, 0.1) is 0 Å². The summed E-state index contributed by atoms with van der Waals surface area (Å²) >= 11 is 1.50. The van der Waals surface area contributed by atoms with Gasteiger partial charge in [-0.2, -0.15) is 0 Å². The molecule has 0 radical (unpaired) electrons. The van der Waals surface area contributed by atoms with Crippen molar-refractivity contribution in [1.29, 1.82) is 0 Å². The average Bonchev–Trinajstić information content (AvgIpc) is 2.19. The van der Waals surface area contributed by atoms with Crippen molar-refractivity contribution in [2.45, 2.75) is 6.42 Å². The van der Waals surface area contributed by atoms with Crippen LogP contribution in [0.5, 0.6) is 0 Å². The first kappa shape index (κ1) is 5.90. The second-order valence-corrected chi connectivity index (χ2v) is 2.60. The van der Waals surface area contributed by atoms with Crippen molar-refractivity contribution in [3.63, 3.8) is 0 Å². The number of hydrogen-bond acceptors (Lipinski definition) is 1. The van der Waals surface area contributed by atoms with Gasteiger partial charge in [0.25, 0.3) is 0 Å². The van der Waals surface area contributed by atoms with Gasteiger partial charge >= 0.3 is 58.4 Å². The van der Waals surface area contributed by atoms with E-state index in [9.17, 15) is 0 Å². The van der Waals surface area contributed by atoms with Crippen LogP contribution in [-0.4, -0.2) is 14.4 Å². The Kier molecular flexibility index (Phi) is 2.16. The molecule has 8 heavy (non-hydrogen) atoms. The van der Waals surface area contributed by atoms with Gasteiger partial charge in [-0.3, -0.25) is 0 Å². The van der Waals surface area contributed by atoms with Gasteiger partial charge in [-0.25, -0.2) is 0 Å². The summed E-state index contributed by atoms with van der Waals surface area (Å²) in [5.74, 6) is 1.06. The zero-order valence-corrected chi connectivity index (χ0v) is 7.23. The van der Waals surface area contributed by atoms with Crippen molar-refractivity contribution in [2.24, 2.45) is 0 Å². The predicted octanol–water partition coefficient (Wildman–Crippen LogP) is 0.301. The number of H-pyrrole nitrogens is 1. The molecular weight excluding hydrogens is 272 g/mol. The molecule has 0 saturated carbocycles. The van der Waals surface area contributed by atoms with E-state index in [1.54, 1.807) is 6.20 Å². The molecule has 1 heterocycles. The quantitative estimate of drug-likeness (QED) is 0.828. The van der Waals surface area contributed by atoms with E-state index in [1.165, 1.54) is 19.4 Å². The molecule has 3 heteroatoms. The Morgan fingerprint density at radius 1 is 1.88 bits per heavy atom. The van der Waals surface area contributed by atoms with Crippen LogP contribution in [-0.2, 0) is 25.8 Å². The normalized spacial score (nSPS) is 9.00. The second kappa shape index (κ2) is 2.93. The number of rotatable bonds is 2. The Bertz CT molecular complexity index is 157. The zero-order chi connectivity index (χ0) is 5.82. The van der Waals surface area contributed by atoms with Crippen molar-refractivity contribution < 1.29 is 19.4 Å². The molecule has 1 rings (SSSR count). The summed E-state index contributed by atoms with van der Waals surface area (Å²) in [6, 6.07) is 0. The van der Waals surface area contributed by atoms with Crippen molar-refractivity contribution in [3.8, 4) is 0 Å². The molecule has 0 bridgehead atoms. The third-order valence-electron chi connectivity index (χ3n) is 0.832. The summed E-state index contributed by atoms with van der Waals surface area (Å²) in [4.78, 5) is 7.04. The summed E-state index contributed by atoms with van der Waals surface area (Å²) in [5, 5.41) is 0. The minimum atomic E-state index is 0.975. The molecule has 0 spiro atoms. The van der Waals surface area contributed by atoms with E-state index in [2.05, 4.69) is 14.4 Å². The third kappa shape index (κ3) is 1.37. The van der Waals surface area contributed by atoms with E-state index >= 15 is 0 Å². The van der Waals surface area contributed by atoms with E-state index < -0.39 is 0 Å². The van der Waals surface area contributed by atoms with Gasteiger partial charge in [0, 0.05) is 0 Å². The first-order chi connectivity index (χ1) is 3.93. The maximum absolute atomic E-state index is 4.03. The Hall–Kier alpha value is -0.232. The van der Waals surface area contributed by atoms with Crippen LogP contribution < -0.4 is 0 Å². The van der Waals surface area contributed by atoms with Gasteiger partial charge in [-0.1, -0.05) is 0 Å². The molecule has 0 saturated heterocycles. The Labute approximate surface area is 58.7 Å². The molecule has 2 nitrogen and oxygen atoms in total. The molecule has 0 amide bonds. The standard InChI is InChI=1S/C5H6N2.W/c1-2-5-6-3-4-7-5;/h1,3-4H,2H2,(H,6,7);. The molecule has 1 aromatic heterocycles. The molecule has 0 atom stereocenters. The van der Waals surface area contributed by atoms with Gasteiger partial charge in [-0.05, 0) is 0 Å².